The minimum Gasteiger partial charge on any atom is -0.378 e. The molecule has 0 radical (unpaired) electrons. The summed E-state index contributed by atoms with van der Waals surface area (Å²) in [4.78, 5) is 10.6. The molecule has 5 nitrogen and oxygen atoms in total. The number of aromatic nitrogens is 2. The Morgan fingerprint density at radius 2 is 1.90 bits per heavy atom. The Balaban J connectivity index is 2.12. The number of nitrogens with zero attached hydrogens (tertiary/aromatic N) is 3. The van der Waals surface area contributed by atoms with E-state index in [0.717, 1.165) is 11.4 Å². The molecule has 112 valence electrons. The lowest BCUT2D eigenvalue weighted by molar-refractivity contribution is 0.128. The standard InChI is InChI=1S/C15H19ClN4O/c1-4-21-10-15-18-13(16)9-14(19-15)17-11-5-7-12(8-6-11)20(2)3/h5-9H,4,10H2,1-3H3,(H,17,18,19). The maximum Gasteiger partial charge on any atom is 0.158 e. The molecule has 0 atom stereocenters. The Morgan fingerprint density at radius 1 is 1.19 bits per heavy atom. The number of rotatable bonds is 6. The first-order chi connectivity index (χ1) is 10.1. The van der Waals surface area contributed by atoms with Crippen molar-refractivity contribution in [2.24, 2.45) is 0 Å². The van der Waals surface area contributed by atoms with Gasteiger partial charge in [-0.25, -0.2) is 9.97 Å². The number of benzene rings is 1. The average molecular weight is 307 g/mol. The van der Waals surface area contributed by atoms with Crippen molar-refractivity contribution >= 4 is 28.8 Å². The molecule has 0 aliphatic rings. The van der Waals surface area contributed by atoms with Crippen LogP contribution in [0.4, 0.5) is 17.2 Å². The summed E-state index contributed by atoms with van der Waals surface area (Å²) in [5.41, 5.74) is 2.08. The van der Waals surface area contributed by atoms with Crippen molar-refractivity contribution in [3.63, 3.8) is 0 Å². The van der Waals surface area contributed by atoms with Crippen LogP contribution in [0.1, 0.15) is 12.7 Å². The van der Waals surface area contributed by atoms with Gasteiger partial charge < -0.3 is 15.0 Å². The fourth-order valence-corrected chi connectivity index (χ4v) is 1.98. The predicted molar refractivity (Wildman–Crippen MR) is 86.4 cm³/mol. The third-order valence-electron chi connectivity index (χ3n) is 2.83. The van der Waals surface area contributed by atoms with E-state index in [-0.39, 0.29) is 0 Å². The van der Waals surface area contributed by atoms with Crippen LogP contribution < -0.4 is 10.2 Å². The summed E-state index contributed by atoms with van der Waals surface area (Å²) in [6.45, 7) is 2.89. The number of hydrogen-bond donors (Lipinski definition) is 1. The molecular weight excluding hydrogens is 288 g/mol. The second kappa shape index (κ2) is 7.24. The molecule has 21 heavy (non-hydrogen) atoms. The molecule has 0 unspecified atom stereocenters. The summed E-state index contributed by atoms with van der Waals surface area (Å²) in [5, 5.41) is 3.61. The molecule has 0 amide bonds. The van der Waals surface area contributed by atoms with Gasteiger partial charge in [-0.2, -0.15) is 0 Å². The van der Waals surface area contributed by atoms with Crippen LogP contribution >= 0.6 is 11.6 Å². The summed E-state index contributed by atoms with van der Waals surface area (Å²) in [7, 11) is 4.01. The molecule has 0 aliphatic carbocycles. The second-order valence-electron chi connectivity index (χ2n) is 4.70. The van der Waals surface area contributed by atoms with E-state index in [9.17, 15) is 0 Å². The van der Waals surface area contributed by atoms with Gasteiger partial charge >= 0.3 is 0 Å². The van der Waals surface area contributed by atoms with E-state index in [1.165, 1.54) is 0 Å². The van der Waals surface area contributed by atoms with Gasteiger partial charge in [-0.3, -0.25) is 0 Å². The van der Waals surface area contributed by atoms with Gasteiger partial charge in [0.1, 0.15) is 17.6 Å². The van der Waals surface area contributed by atoms with E-state index in [0.29, 0.717) is 30.0 Å². The van der Waals surface area contributed by atoms with Crippen molar-refractivity contribution in [2.75, 3.05) is 30.9 Å². The first kappa shape index (κ1) is 15.5. The van der Waals surface area contributed by atoms with Gasteiger partial charge in [0.05, 0.1) is 0 Å². The summed E-state index contributed by atoms with van der Waals surface area (Å²) in [5.74, 6) is 1.22. The molecular formula is C15H19ClN4O. The molecule has 1 heterocycles. The highest BCUT2D eigenvalue weighted by atomic mass is 35.5. The molecule has 6 heteroatoms. The topological polar surface area (TPSA) is 50.3 Å². The normalized spacial score (nSPS) is 10.5. The van der Waals surface area contributed by atoms with E-state index in [4.69, 9.17) is 16.3 Å². The maximum absolute atomic E-state index is 6.01. The Kier molecular flexibility index (Phi) is 5.36. The minimum atomic E-state index is 0.352. The minimum absolute atomic E-state index is 0.352. The van der Waals surface area contributed by atoms with Crippen molar-refractivity contribution in [3.8, 4) is 0 Å². The summed E-state index contributed by atoms with van der Waals surface area (Å²) >= 11 is 6.01. The van der Waals surface area contributed by atoms with Crippen LogP contribution in [0.2, 0.25) is 5.15 Å². The lowest BCUT2D eigenvalue weighted by atomic mass is 10.2. The van der Waals surface area contributed by atoms with E-state index in [2.05, 4.69) is 15.3 Å². The fraction of sp³-hybridized carbons (Fsp3) is 0.333. The molecule has 0 aliphatic heterocycles. The third-order valence-corrected chi connectivity index (χ3v) is 3.03. The Morgan fingerprint density at radius 3 is 2.52 bits per heavy atom. The van der Waals surface area contributed by atoms with Crippen LogP contribution in [0.15, 0.2) is 30.3 Å². The highest BCUT2D eigenvalue weighted by molar-refractivity contribution is 6.29. The van der Waals surface area contributed by atoms with E-state index in [1.807, 2.05) is 50.2 Å². The number of hydrogen-bond acceptors (Lipinski definition) is 5. The third kappa shape index (κ3) is 4.58. The average Bonchev–Trinajstić information content (AvgIpc) is 2.45. The summed E-state index contributed by atoms with van der Waals surface area (Å²) < 4.78 is 5.30. The zero-order valence-corrected chi connectivity index (χ0v) is 13.2. The lowest BCUT2D eigenvalue weighted by Gasteiger charge is -2.13. The molecule has 2 rings (SSSR count). The van der Waals surface area contributed by atoms with Gasteiger partial charge in [-0.1, -0.05) is 11.6 Å². The fourth-order valence-electron chi connectivity index (χ4n) is 1.78. The molecule has 0 saturated carbocycles. The first-order valence-corrected chi connectivity index (χ1v) is 7.12. The molecule has 0 spiro atoms. The van der Waals surface area contributed by atoms with Gasteiger partial charge in [0.25, 0.3) is 0 Å². The molecule has 2 aromatic rings. The van der Waals surface area contributed by atoms with Gasteiger partial charge in [0, 0.05) is 38.1 Å². The molecule has 1 aromatic carbocycles. The van der Waals surface area contributed by atoms with Gasteiger partial charge in [-0.15, -0.1) is 0 Å². The maximum atomic E-state index is 6.01. The first-order valence-electron chi connectivity index (χ1n) is 6.74. The van der Waals surface area contributed by atoms with Crippen LogP contribution in [0, 0.1) is 0 Å². The van der Waals surface area contributed by atoms with E-state index < -0.39 is 0 Å². The highest BCUT2D eigenvalue weighted by Gasteiger charge is 2.04. The summed E-state index contributed by atoms with van der Waals surface area (Å²) in [6, 6.07) is 9.75. The largest absolute Gasteiger partial charge is 0.378 e. The molecule has 0 fully saturated rings. The molecule has 0 saturated heterocycles. The monoisotopic (exact) mass is 306 g/mol. The van der Waals surface area contributed by atoms with Crippen molar-refractivity contribution in [2.45, 2.75) is 13.5 Å². The van der Waals surface area contributed by atoms with E-state index >= 15 is 0 Å². The van der Waals surface area contributed by atoms with Gasteiger partial charge in [-0.05, 0) is 31.2 Å². The van der Waals surface area contributed by atoms with Gasteiger partial charge in [0.15, 0.2) is 5.82 Å². The Labute approximate surface area is 129 Å². The van der Waals surface area contributed by atoms with Crippen molar-refractivity contribution in [1.29, 1.82) is 0 Å². The zero-order valence-electron chi connectivity index (χ0n) is 12.4. The van der Waals surface area contributed by atoms with E-state index in [1.54, 1.807) is 6.07 Å². The van der Waals surface area contributed by atoms with Crippen molar-refractivity contribution in [3.05, 3.63) is 41.3 Å². The number of nitrogens with one attached hydrogen (secondary N) is 1. The van der Waals surface area contributed by atoms with Crippen LogP contribution in [0.25, 0.3) is 0 Å². The SMILES string of the molecule is CCOCc1nc(Cl)cc(Nc2ccc(N(C)C)cc2)n1. The quantitative estimate of drug-likeness (QED) is 0.828. The van der Waals surface area contributed by atoms with Crippen LogP contribution in [-0.2, 0) is 11.3 Å². The van der Waals surface area contributed by atoms with Crippen LogP contribution in [-0.4, -0.2) is 30.7 Å². The number of halogens is 1. The van der Waals surface area contributed by atoms with Crippen molar-refractivity contribution in [1.82, 2.24) is 9.97 Å². The second-order valence-corrected chi connectivity index (χ2v) is 5.08. The Bertz CT molecular complexity index is 587. The molecule has 1 N–H and O–H groups in total. The molecule has 0 bridgehead atoms. The predicted octanol–water partition coefficient (Wildman–Crippen LogP) is 3.48. The highest BCUT2D eigenvalue weighted by Crippen LogP contribution is 2.20. The zero-order chi connectivity index (χ0) is 15.2. The van der Waals surface area contributed by atoms with Crippen molar-refractivity contribution < 1.29 is 4.74 Å². The molecule has 1 aromatic heterocycles. The Hall–Kier alpha value is -1.85. The number of anilines is 3. The smallest absolute Gasteiger partial charge is 0.158 e. The van der Waals surface area contributed by atoms with Gasteiger partial charge in [0.2, 0.25) is 0 Å². The summed E-state index contributed by atoms with van der Waals surface area (Å²) in [6.07, 6.45) is 0. The number of ether oxygens (including phenoxy) is 1. The van der Waals surface area contributed by atoms with Crippen LogP contribution in [0.3, 0.4) is 0 Å². The van der Waals surface area contributed by atoms with Crippen LogP contribution in [0.5, 0.6) is 0 Å². The lowest BCUT2D eigenvalue weighted by Crippen LogP contribution is -2.08.